The van der Waals surface area contributed by atoms with Crippen molar-refractivity contribution in [1.82, 2.24) is 19.9 Å². The van der Waals surface area contributed by atoms with Crippen molar-refractivity contribution in [3.05, 3.63) is 82.2 Å². The van der Waals surface area contributed by atoms with E-state index in [2.05, 4.69) is 15.3 Å². The number of pyridine rings is 1. The smallest absolute Gasteiger partial charge is 0.261 e. The van der Waals surface area contributed by atoms with Crippen LogP contribution in [0.2, 0.25) is 0 Å². The Morgan fingerprint density at radius 3 is 2.77 bits per heavy atom. The van der Waals surface area contributed by atoms with Crippen LogP contribution in [0.1, 0.15) is 21.1 Å². The predicted molar refractivity (Wildman–Crippen MR) is 98.5 cm³/mol. The van der Waals surface area contributed by atoms with E-state index < -0.39 is 0 Å². The Bertz CT molecular complexity index is 1040. The lowest BCUT2D eigenvalue weighted by atomic mass is 10.2. The van der Waals surface area contributed by atoms with Gasteiger partial charge in [0.25, 0.3) is 5.91 Å². The summed E-state index contributed by atoms with van der Waals surface area (Å²) in [7, 11) is 0. The molecule has 0 bridgehead atoms. The summed E-state index contributed by atoms with van der Waals surface area (Å²) in [5, 5.41) is 4.76. The van der Waals surface area contributed by atoms with Crippen LogP contribution >= 0.6 is 11.3 Å². The van der Waals surface area contributed by atoms with E-state index in [1.165, 1.54) is 23.5 Å². The van der Waals surface area contributed by atoms with Gasteiger partial charge >= 0.3 is 0 Å². The Balaban J connectivity index is 1.63. The quantitative estimate of drug-likeness (QED) is 0.587. The number of carbonyl (C=O) groups is 1. The molecule has 130 valence electrons. The fourth-order valence-electron chi connectivity index (χ4n) is 2.73. The molecule has 1 amide bonds. The molecule has 0 aliphatic carbocycles. The number of hydrogen-bond donors (Lipinski definition) is 1. The van der Waals surface area contributed by atoms with Crippen molar-refractivity contribution < 1.29 is 9.18 Å². The van der Waals surface area contributed by atoms with Gasteiger partial charge < -0.3 is 9.88 Å². The second-order valence-electron chi connectivity index (χ2n) is 5.75. The van der Waals surface area contributed by atoms with Crippen LogP contribution in [0.25, 0.3) is 11.2 Å². The van der Waals surface area contributed by atoms with Crippen molar-refractivity contribution in [2.75, 3.05) is 0 Å². The Hall–Kier alpha value is -3.06. The number of hydrogen-bond acceptors (Lipinski definition) is 4. The summed E-state index contributed by atoms with van der Waals surface area (Å²) in [5.41, 5.74) is 2.43. The van der Waals surface area contributed by atoms with E-state index in [1.807, 2.05) is 28.1 Å². The maximum atomic E-state index is 13.2. The fourth-order valence-corrected chi connectivity index (χ4v) is 3.37. The highest BCUT2D eigenvalue weighted by Crippen LogP contribution is 2.17. The molecule has 5 nitrogen and oxygen atoms in total. The molecule has 26 heavy (non-hydrogen) atoms. The first-order valence-electron chi connectivity index (χ1n) is 8.07. The van der Waals surface area contributed by atoms with Crippen molar-refractivity contribution in [2.24, 2.45) is 0 Å². The Morgan fingerprint density at radius 2 is 2.00 bits per heavy atom. The van der Waals surface area contributed by atoms with Crippen molar-refractivity contribution in [2.45, 2.75) is 13.1 Å². The summed E-state index contributed by atoms with van der Waals surface area (Å²) in [6.07, 6.45) is 1.71. The minimum Gasteiger partial charge on any atom is -0.344 e. The zero-order valence-electron chi connectivity index (χ0n) is 13.7. The van der Waals surface area contributed by atoms with Gasteiger partial charge in [0, 0.05) is 6.20 Å². The van der Waals surface area contributed by atoms with Gasteiger partial charge in [0.1, 0.15) is 17.2 Å². The van der Waals surface area contributed by atoms with Crippen LogP contribution in [-0.4, -0.2) is 20.4 Å². The highest BCUT2D eigenvalue weighted by molar-refractivity contribution is 7.12. The molecule has 1 N–H and O–H groups in total. The number of halogens is 1. The summed E-state index contributed by atoms with van der Waals surface area (Å²) < 4.78 is 15.1. The molecule has 0 unspecified atom stereocenters. The molecule has 4 aromatic rings. The lowest BCUT2D eigenvalue weighted by molar-refractivity contribution is 0.0953. The standard InChI is InChI=1S/C19H15FN4OS/c20-14-7-5-13(6-8-14)12-24-17(23-15-3-1-9-21-18(15)24)11-22-19(25)16-4-2-10-26-16/h1-10H,11-12H2,(H,22,25). The first kappa shape index (κ1) is 16.4. The molecule has 0 saturated carbocycles. The van der Waals surface area contributed by atoms with Crippen LogP contribution < -0.4 is 5.32 Å². The minimum absolute atomic E-state index is 0.131. The molecule has 0 radical (unpaired) electrons. The third-order valence-electron chi connectivity index (χ3n) is 3.99. The zero-order valence-corrected chi connectivity index (χ0v) is 14.5. The molecule has 3 aromatic heterocycles. The Labute approximate surface area is 153 Å². The summed E-state index contributed by atoms with van der Waals surface area (Å²) in [6, 6.07) is 13.7. The Morgan fingerprint density at radius 1 is 1.15 bits per heavy atom. The average Bonchev–Trinajstić information content (AvgIpc) is 3.30. The largest absolute Gasteiger partial charge is 0.344 e. The zero-order chi connectivity index (χ0) is 17.9. The maximum absolute atomic E-state index is 13.2. The molecule has 0 saturated heterocycles. The van der Waals surface area contributed by atoms with Crippen LogP contribution in [0.3, 0.4) is 0 Å². The number of amides is 1. The van der Waals surface area contributed by atoms with Gasteiger partial charge in [-0.1, -0.05) is 18.2 Å². The fraction of sp³-hybridized carbons (Fsp3) is 0.105. The molecule has 7 heteroatoms. The molecule has 3 heterocycles. The summed E-state index contributed by atoms with van der Waals surface area (Å²) in [6.45, 7) is 0.784. The van der Waals surface area contributed by atoms with Gasteiger partial charge in [-0.2, -0.15) is 0 Å². The first-order chi connectivity index (χ1) is 12.7. The van der Waals surface area contributed by atoms with E-state index >= 15 is 0 Å². The van der Waals surface area contributed by atoms with Crippen LogP contribution in [0.5, 0.6) is 0 Å². The predicted octanol–water partition coefficient (Wildman–Crippen LogP) is 3.61. The molecule has 0 aliphatic heterocycles. The summed E-state index contributed by atoms with van der Waals surface area (Å²) in [5.74, 6) is 0.298. The van der Waals surface area contributed by atoms with E-state index in [0.29, 0.717) is 17.2 Å². The van der Waals surface area contributed by atoms with Gasteiger partial charge in [0.2, 0.25) is 0 Å². The van der Waals surface area contributed by atoms with Crippen LogP contribution in [0.15, 0.2) is 60.1 Å². The SMILES string of the molecule is O=C(NCc1nc2cccnc2n1Cc1ccc(F)cc1)c1cccs1. The molecule has 0 fully saturated rings. The van der Waals surface area contributed by atoms with Gasteiger partial charge in [0.05, 0.1) is 18.0 Å². The van der Waals surface area contributed by atoms with E-state index in [4.69, 9.17) is 0 Å². The van der Waals surface area contributed by atoms with Crippen molar-refractivity contribution in [3.63, 3.8) is 0 Å². The molecule has 0 atom stereocenters. The third kappa shape index (κ3) is 3.34. The number of benzene rings is 1. The van der Waals surface area contributed by atoms with Crippen LogP contribution in [0.4, 0.5) is 4.39 Å². The molecule has 4 rings (SSSR count). The number of nitrogens with zero attached hydrogens (tertiary/aromatic N) is 3. The number of aromatic nitrogens is 3. The molecule has 0 spiro atoms. The van der Waals surface area contributed by atoms with Crippen molar-refractivity contribution in [3.8, 4) is 0 Å². The number of rotatable bonds is 5. The van der Waals surface area contributed by atoms with Gasteiger partial charge in [-0.15, -0.1) is 11.3 Å². The van der Waals surface area contributed by atoms with E-state index in [0.717, 1.165) is 16.7 Å². The number of nitrogens with one attached hydrogen (secondary N) is 1. The normalized spacial score (nSPS) is 11.0. The molecule has 0 aliphatic rings. The average molecular weight is 366 g/mol. The highest BCUT2D eigenvalue weighted by atomic mass is 32.1. The lowest BCUT2D eigenvalue weighted by Gasteiger charge is -2.09. The van der Waals surface area contributed by atoms with Crippen molar-refractivity contribution in [1.29, 1.82) is 0 Å². The van der Waals surface area contributed by atoms with E-state index in [1.54, 1.807) is 24.4 Å². The molecular weight excluding hydrogens is 351 g/mol. The van der Waals surface area contributed by atoms with Gasteiger partial charge in [-0.25, -0.2) is 14.4 Å². The summed E-state index contributed by atoms with van der Waals surface area (Å²) in [4.78, 5) is 21.9. The Kier molecular flexibility index (Phi) is 4.45. The number of fused-ring (bicyclic) bond motifs is 1. The molecular formula is C19H15FN4OS. The lowest BCUT2D eigenvalue weighted by Crippen LogP contribution is -2.24. The van der Waals surface area contributed by atoms with Crippen LogP contribution in [-0.2, 0) is 13.1 Å². The number of carbonyl (C=O) groups excluding carboxylic acids is 1. The summed E-state index contributed by atoms with van der Waals surface area (Å²) >= 11 is 1.39. The first-order valence-corrected chi connectivity index (χ1v) is 8.95. The second kappa shape index (κ2) is 7.05. The monoisotopic (exact) mass is 366 g/mol. The van der Waals surface area contributed by atoms with Gasteiger partial charge in [-0.3, -0.25) is 4.79 Å². The minimum atomic E-state index is -0.272. The van der Waals surface area contributed by atoms with Gasteiger partial charge in [-0.05, 0) is 41.3 Å². The number of thiophene rings is 1. The third-order valence-corrected chi connectivity index (χ3v) is 4.86. The van der Waals surface area contributed by atoms with Crippen molar-refractivity contribution >= 4 is 28.4 Å². The highest BCUT2D eigenvalue weighted by Gasteiger charge is 2.14. The molecule has 1 aromatic carbocycles. The maximum Gasteiger partial charge on any atom is 0.261 e. The number of imidazole rings is 1. The topological polar surface area (TPSA) is 59.8 Å². The van der Waals surface area contributed by atoms with Gasteiger partial charge in [0.15, 0.2) is 5.65 Å². The second-order valence-corrected chi connectivity index (χ2v) is 6.69. The van der Waals surface area contributed by atoms with Crippen LogP contribution in [0, 0.1) is 5.82 Å². The van der Waals surface area contributed by atoms with E-state index in [-0.39, 0.29) is 18.3 Å². The van der Waals surface area contributed by atoms with E-state index in [9.17, 15) is 9.18 Å².